The minimum absolute atomic E-state index is 0.107. The summed E-state index contributed by atoms with van der Waals surface area (Å²) < 4.78 is 36.5. The Hall–Kier alpha value is -3.07. The molecule has 2 aromatic rings. The van der Waals surface area contributed by atoms with Crippen LogP contribution in [0.4, 0.5) is 11.4 Å². The van der Waals surface area contributed by atoms with Crippen LogP contribution in [0.25, 0.3) is 0 Å². The third-order valence-electron chi connectivity index (χ3n) is 4.78. The van der Waals surface area contributed by atoms with Gasteiger partial charge in [-0.2, -0.15) is 0 Å². The van der Waals surface area contributed by atoms with Crippen molar-refractivity contribution < 1.29 is 27.5 Å². The van der Waals surface area contributed by atoms with Crippen LogP contribution in [0.3, 0.4) is 0 Å². The van der Waals surface area contributed by atoms with Gasteiger partial charge in [-0.1, -0.05) is 18.2 Å². The number of ether oxygens (including phenoxy) is 2. The molecule has 3 rings (SSSR count). The molecule has 1 aliphatic heterocycles. The van der Waals surface area contributed by atoms with Gasteiger partial charge in [0.25, 0.3) is 5.91 Å². The molecule has 0 bridgehead atoms. The van der Waals surface area contributed by atoms with E-state index in [0.717, 1.165) is 6.26 Å². The summed E-state index contributed by atoms with van der Waals surface area (Å²) in [6.45, 7) is 3.80. The van der Waals surface area contributed by atoms with E-state index >= 15 is 0 Å². The van der Waals surface area contributed by atoms with Crippen molar-refractivity contribution in [3.63, 3.8) is 0 Å². The smallest absolute Gasteiger partial charge is 0.338 e. The molecule has 0 radical (unpaired) electrons. The number of nitrogens with one attached hydrogen (secondary N) is 1. The van der Waals surface area contributed by atoms with Gasteiger partial charge in [0.15, 0.2) is 6.10 Å². The molecule has 1 N–H and O–H groups in total. The first kappa shape index (κ1) is 21.6. The van der Waals surface area contributed by atoms with Crippen LogP contribution in [0.2, 0.25) is 0 Å². The zero-order chi connectivity index (χ0) is 21.9. The number of amides is 1. The van der Waals surface area contributed by atoms with Crippen molar-refractivity contribution in [2.75, 3.05) is 29.0 Å². The Morgan fingerprint density at radius 2 is 1.93 bits per heavy atom. The number of esters is 1. The molecule has 0 saturated carbocycles. The molecule has 0 saturated heterocycles. The van der Waals surface area contributed by atoms with Crippen molar-refractivity contribution in [2.24, 2.45) is 0 Å². The molecule has 1 aliphatic rings. The average molecular weight is 432 g/mol. The summed E-state index contributed by atoms with van der Waals surface area (Å²) >= 11 is 0. The molecule has 160 valence electrons. The summed E-state index contributed by atoms with van der Waals surface area (Å²) in [5.41, 5.74) is 1.81. The standard InChI is InChI=1S/C21H24N2O6S/c1-4-28-21(25)15-8-7-9-16(14(15)2)22-20(24)19-12-13-23(30(3,26)27)17-10-5-6-11-18(17)29-19/h5-11,19H,4,12-13H2,1-3H3,(H,22,24). The van der Waals surface area contributed by atoms with Gasteiger partial charge in [-0.25, -0.2) is 13.2 Å². The normalized spacial score (nSPS) is 16.1. The topological polar surface area (TPSA) is 102 Å². The van der Waals surface area contributed by atoms with Gasteiger partial charge in [0.2, 0.25) is 10.0 Å². The molecule has 0 fully saturated rings. The molecule has 9 heteroatoms. The van der Waals surface area contributed by atoms with E-state index in [1.54, 1.807) is 56.3 Å². The number of benzene rings is 2. The summed E-state index contributed by atoms with van der Waals surface area (Å²) in [7, 11) is -3.53. The number of carbonyl (C=O) groups excluding carboxylic acids is 2. The fourth-order valence-electron chi connectivity index (χ4n) is 3.27. The third kappa shape index (κ3) is 4.56. The number of para-hydroxylation sites is 2. The molecule has 0 aromatic heterocycles. The minimum atomic E-state index is -3.53. The predicted molar refractivity (Wildman–Crippen MR) is 113 cm³/mol. The third-order valence-corrected chi connectivity index (χ3v) is 5.96. The molecule has 1 amide bonds. The van der Waals surface area contributed by atoms with Gasteiger partial charge >= 0.3 is 5.97 Å². The lowest BCUT2D eigenvalue weighted by atomic mass is 10.1. The molecule has 30 heavy (non-hydrogen) atoms. The minimum Gasteiger partial charge on any atom is -0.478 e. The predicted octanol–water partition coefficient (Wildman–Crippen LogP) is 2.73. The van der Waals surface area contributed by atoms with E-state index in [9.17, 15) is 18.0 Å². The molecule has 1 atom stereocenters. The van der Waals surface area contributed by atoms with Crippen LogP contribution >= 0.6 is 0 Å². The average Bonchev–Trinajstić information content (AvgIpc) is 2.89. The van der Waals surface area contributed by atoms with Crippen LogP contribution in [-0.4, -0.2) is 45.8 Å². The van der Waals surface area contributed by atoms with Crippen LogP contribution in [0, 0.1) is 6.92 Å². The van der Waals surface area contributed by atoms with E-state index in [4.69, 9.17) is 9.47 Å². The first-order chi connectivity index (χ1) is 14.2. The second-order valence-electron chi connectivity index (χ2n) is 6.89. The number of nitrogens with zero attached hydrogens (tertiary/aromatic N) is 1. The molecule has 0 aliphatic carbocycles. The Morgan fingerprint density at radius 3 is 2.63 bits per heavy atom. The highest BCUT2D eigenvalue weighted by Crippen LogP contribution is 2.34. The van der Waals surface area contributed by atoms with E-state index in [1.807, 2.05) is 0 Å². The van der Waals surface area contributed by atoms with Gasteiger partial charge < -0.3 is 14.8 Å². The first-order valence-corrected chi connectivity index (χ1v) is 11.4. The fraction of sp³-hybridized carbons (Fsp3) is 0.333. The van der Waals surface area contributed by atoms with Crippen molar-refractivity contribution >= 4 is 33.3 Å². The van der Waals surface area contributed by atoms with E-state index in [1.165, 1.54) is 4.31 Å². The Morgan fingerprint density at radius 1 is 1.20 bits per heavy atom. The Kier molecular flexibility index (Phi) is 6.31. The van der Waals surface area contributed by atoms with E-state index in [2.05, 4.69) is 5.32 Å². The largest absolute Gasteiger partial charge is 0.478 e. The zero-order valence-electron chi connectivity index (χ0n) is 17.0. The number of anilines is 2. The van der Waals surface area contributed by atoms with Crippen LogP contribution in [0.15, 0.2) is 42.5 Å². The second-order valence-corrected chi connectivity index (χ2v) is 8.79. The van der Waals surface area contributed by atoms with Crippen molar-refractivity contribution in [3.8, 4) is 5.75 Å². The molecule has 2 aromatic carbocycles. The van der Waals surface area contributed by atoms with E-state index in [-0.39, 0.29) is 19.6 Å². The van der Waals surface area contributed by atoms with Gasteiger partial charge in [-0.15, -0.1) is 0 Å². The molecule has 0 spiro atoms. The van der Waals surface area contributed by atoms with Gasteiger partial charge in [0, 0.05) is 18.7 Å². The summed E-state index contributed by atoms with van der Waals surface area (Å²) in [5, 5.41) is 2.79. The first-order valence-electron chi connectivity index (χ1n) is 9.53. The van der Waals surface area contributed by atoms with Crippen LogP contribution < -0.4 is 14.4 Å². The van der Waals surface area contributed by atoms with E-state index < -0.39 is 28.0 Å². The maximum Gasteiger partial charge on any atom is 0.338 e. The van der Waals surface area contributed by atoms with Crippen LogP contribution in [0.1, 0.15) is 29.3 Å². The number of hydrogen-bond acceptors (Lipinski definition) is 6. The summed E-state index contributed by atoms with van der Waals surface area (Å²) in [4.78, 5) is 25.0. The van der Waals surface area contributed by atoms with Gasteiger partial charge in [0.1, 0.15) is 5.75 Å². The summed E-state index contributed by atoms with van der Waals surface area (Å²) in [6.07, 6.45) is 0.391. The van der Waals surface area contributed by atoms with Crippen molar-refractivity contribution in [2.45, 2.75) is 26.4 Å². The SMILES string of the molecule is CCOC(=O)c1cccc(NC(=O)C2CCN(S(C)(=O)=O)c3ccccc3O2)c1C. The molecular weight excluding hydrogens is 408 g/mol. The number of rotatable bonds is 5. The molecular formula is C21H24N2O6S. The van der Waals surface area contributed by atoms with Crippen LogP contribution in [-0.2, 0) is 19.6 Å². The lowest BCUT2D eigenvalue weighted by Gasteiger charge is -2.20. The maximum absolute atomic E-state index is 12.9. The molecule has 1 unspecified atom stereocenters. The highest BCUT2D eigenvalue weighted by Gasteiger charge is 2.31. The molecule has 1 heterocycles. The maximum atomic E-state index is 12.9. The van der Waals surface area contributed by atoms with Gasteiger partial charge in [0.05, 0.1) is 24.1 Å². The van der Waals surface area contributed by atoms with Crippen molar-refractivity contribution in [1.29, 1.82) is 0 Å². The number of fused-ring (bicyclic) bond motifs is 1. The fourth-order valence-corrected chi connectivity index (χ4v) is 4.22. The highest BCUT2D eigenvalue weighted by molar-refractivity contribution is 7.92. The number of sulfonamides is 1. The Balaban J connectivity index is 1.84. The number of hydrogen-bond donors (Lipinski definition) is 1. The lowest BCUT2D eigenvalue weighted by molar-refractivity contribution is -0.122. The number of carbonyl (C=O) groups is 2. The lowest BCUT2D eigenvalue weighted by Crippen LogP contribution is -2.36. The van der Waals surface area contributed by atoms with Crippen molar-refractivity contribution in [1.82, 2.24) is 0 Å². The van der Waals surface area contributed by atoms with E-state index in [0.29, 0.717) is 28.3 Å². The molecule has 8 nitrogen and oxygen atoms in total. The zero-order valence-corrected chi connectivity index (χ0v) is 17.9. The van der Waals surface area contributed by atoms with Crippen molar-refractivity contribution in [3.05, 3.63) is 53.6 Å². The summed E-state index contributed by atoms with van der Waals surface area (Å²) in [5.74, 6) is -0.573. The monoisotopic (exact) mass is 432 g/mol. The van der Waals surface area contributed by atoms with Gasteiger partial charge in [-0.3, -0.25) is 9.10 Å². The Bertz CT molecular complexity index is 1070. The quantitative estimate of drug-likeness (QED) is 0.729. The highest BCUT2D eigenvalue weighted by atomic mass is 32.2. The second kappa shape index (κ2) is 8.74. The van der Waals surface area contributed by atoms with Gasteiger partial charge in [-0.05, 0) is 43.7 Å². The summed E-state index contributed by atoms with van der Waals surface area (Å²) in [6, 6.07) is 11.7. The Labute approximate surface area is 175 Å². The van der Waals surface area contributed by atoms with Crippen LogP contribution in [0.5, 0.6) is 5.75 Å².